The van der Waals surface area contributed by atoms with Crippen LogP contribution < -0.4 is 15.4 Å². The van der Waals surface area contributed by atoms with E-state index in [2.05, 4.69) is 20.8 Å². The summed E-state index contributed by atoms with van der Waals surface area (Å²) < 4.78 is 5.31. The van der Waals surface area contributed by atoms with Gasteiger partial charge in [0.25, 0.3) is 5.91 Å². The highest BCUT2D eigenvalue weighted by Gasteiger charge is 2.08. The Kier molecular flexibility index (Phi) is 6.05. The van der Waals surface area contributed by atoms with Crippen LogP contribution in [-0.2, 0) is 11.2 Å². The summed E-state index contributed by atoms with van der Waals surface area (Å²) in [7, 11) is 0. The minimum atomic E-state index is -0.368. The number of nitrogens with zero attached hydrogens (tertiary/aromatic N) is 2. The number of benzene rings is 1. The van der Waals surface area contributed by atoms with Crippen molar-refractivity contribution in [2.45, 2.75) is 13.3 Å². The molecule has 2 N–H and O–H groups in total. The van der Waals surface area contributed by atoms with Crippen molar-refractivity contribution in [2.24, 2.45) is 0 Å². The van der Waals surface area contributed by atoms with Gasteiger partial charge in [-0.05, 0) is 42.9 Å². The molecule has 2 aromatic rings. The van der Waals surface area contributed by atoms with E-state index in [1.807, 2.05) is 6.92 Å². The number of aromatic nitrogens is 2. The zero-order chi connectivity index (χ0) is 15.9. The molecular formula is C13H13ClN4O2S2. The molecule has 1 aromatic carbocycles. The van der Waals surface area contributed by atoms with Crippen LogP contribution in [0.25, 0.3) is 0 Å². The first kappa shape index (κ1) is 16.6. The molecule has 1 amide bonds. The quantitative estimate of drug-likeness (QED) is 0.802. The Bertz CT molecular complexity index is 660. The predicted molar refractivity (Wildman–Crippen MR) is 90.6 cm³/mol. The second-order valence-electron chi connectivity index (χ2n) is 4.10. The lowest BCUT2D eigenvalue weighted by atomic mass is 10.3. The van der Waals surface area contributed by atoms with Gasteiger partial charge in [-0.1, -0.05) is 29.9 Å². The Morgan fingerprint density at radius 2 is 2.09 bits per heavy atom. The van der Waals surface area contributed by atoms with Crippen LogP contribution in [-0.4, -0.2) is 27.8 Å². The highest BCUT2D eigenvalue weighted by Crippen LogP contribution is 2.16. The molecule has 0 aliphatic carbocycles. The van der Waals surface area contributed by atoms with Crippen LogP contribution in [0.2, 0.25) is 5.02 Å². The summed E-state index contributed by atoms with van der Waals surface area (Å²) in [4.78, 5) is 11.7. The largest absolute Gasteiger partial charge is 0.484 e. The summed E-state index contributed by atoms with van der Waals surface area (Å²) in [5.41, 5.74) is 0. The van der Waals surface area contributed by atoms with Crippen molar-refractivity contribution in [1.82, 2.24) is 15.5 Å². The van der Waals surface area contributed by atoms with Gasteiger partial charge >= 0.3 is 0 Å². The van der Waals surface area contributed by atoms with E-state index in [4.69, 9.17) is 28.6 Å². The summed E-state index contributed by atoms with van der Waals surface area (Å²) >= 11 is 12.2. The Labute approximate surface area is 141 Å². The molecule has 6 nitrogen and oxygen atoms in total. The maximum Gasteiger partial charge on any atom is 0.264 e. The minimum absolute atomic E-state index is 0.153. The lowest BCUT2D eigenvalue weighted by Gasteiger charge is -2.08. The van der Waals surface area contributed by atoms with Gasteiger partial charge in [-0.3, -0.25) is 10.1 Å². The molecule has 0 unspecified atom stereocenters. The summed E-state index contributed by atoms with van der Waals surface area (Å²) in [5, 5.41) is 15.4. The van der Waals surface area contributed by atoms with E-state index in [0.717, 1.165) is 11.4 Å². The van der Waals surface area contributed by atoms with Crippen LogP contribution in [0.3, 0.4) is 0 Å². The average Bonchev–Trinajstić information content (AvgIpc) is 2.94. The van der Waals surface area contributed by atoms with Crippen molar-refractivity contribution in [3.05, 3.63) is 34.3 Å². The third-order valence-electron chi connectivity index (χ3n) is 2.43. The summed E-state index contributed by atoms with van der Waals surface area (Å²) in [6.07, 6.45) is 0.799. The van der Waals surface area contributed by atoms with Crippen LogP contribution in [0.5, 0.6) is 5.75 Å². The number of nitrogens with one attached hydrogen (secondary N) is 2. The molecule has 0 bridgehead atoms. The second kappa shape index (κ2) is 8.02. The maximum atomic E-state index is 11.7. The zero-order valence-electron chi connectivity index (χ0n) is 11.6. The number of hydrogen-bond acceptors (Lipinski definition) is 6. The first-order valence-electron chi connectivity index (χ1n) is 6.38. The number of hydrogen-bond donors (Lipinski definition) is 2. The molecule has 0 spiro atoms. The van der Waals surface area contributed by atoms with Crippen molar-refractivity contribution in [1.29, 1.82) is 0 Å². The molecule has 2 rings (SSSR count). The average molecular weight is 357 g/mol. The second-order valence-corrected chi connectivity index (χ2v) is 6.01. The van der Waals surface area contributed by atoms with Gasteiger partial charge in [0.2, 0.25) is 5.13 Å². The summed E-state index contributed by atoms with van der Waals surface area (Å²) in [5.74, 6) is 0.183. The van der Waals surface area contributed by atoms with Crippen LogP contribution >= 0.6 is 35.2 Å². The number of thiocarbonyl (C=S) groups is 1. The molecule has 1 aromatic heterocycles. The Morgan fingerprint density at radius 3 is 2.73 bits per heavy atom. The lowest BCUT2D eigenvalue weighted by molar-refractivity contribution is -0.121. The van der Waals surface area contributed by atoms with Gasteiger partial charge in [0.15, 0.2) is 11.7 Å². The molecule has 22 heavy (non-hydrogen) atoms. The third kappa shape index (κ3) is 5.21. The normalized spacial score (nSPS) is 10.1. The summed E-state index contributed by atoms with van der Waals surface area (Å²) in [6.45, 7) is 1.83. The van der Waals surface area contributed by atoms with Gasteiger partial charge in [0, 0.05) is 5.02 Å². The number of ether oxygens (including phenoxy) is 1. The molecule has 0 aliphatic rings. The first-order chi connectivity index (χ1) is 10.6. The molecule has 0 atom stereocenters. The third-order valence-corrected chi connectivity index (χ3v) is 3.87. The smallest absolute Gasteiger partial charge is 0.264 e. The zero-order valence-corrected chi connectivity index (χ0v) is 14.0. The SMILES string of the molecule is CCc1nnc(NC(=S)NC(=O)COc2ccc(Cl)cc2)s1. The fraction of sp³-hybridized carbons (Fsp3) is 0.231. The number of rotatable bonds is 5. The van der Waals surface area contributed by atoms with Crippen LogP contribution in [0.4, 0.5) is 5.13 Å². The van der Waals surface area contributed by atoms with Crippen molar-refractivity contribution in [2.75, 3.05) is 11.9 Å². The molecule has 0 fully saturated rings. The molecule has 0 radical (unpaired) electrons. The van der Waals surface area contributed by atoms with E-state index in [1.54, 1.807) is 24.3 Å². The Morgan fingerprint density at radius 1 is 1.36 bits per heavy atom. The van der Waals surface area contributed by atoms with Crippen LogP contribution in [0, 0.1) is 0 Å². The van der Waals surface area contributed by atoms with Gasteiger partial charge in [0.1, 0.15) is 10.8 Å². The topological polar surface area (TPSA) is 76.1 Å². The van der Waals surface area contributed by atoms with Gasteiger partial charge in [-0.2, -0.15) is 0 Å². The van der Waals surface area contributed by atoms with Crippen molar-refractivity contribution >= 4 is 51.3 Å². The fourth-order valence-corrected chi connectivity index (χ4v) is 2.50. The number of carbonyl (C=O) groups excluding carboxylic acids is 1. The van der Waals surface area contributed by atoms with Crippen LogP contribution in [0.1, 0.15) is 11.9 Å². The Hall–Kier alpha value is -1.77. The molecule has 1 heterocycles. The fourth-order valence-electron chi connectivity index (χ4n) is 1.42. The van der Waals surface area contributed by atoms with Gasteiger partial charge in [-0.25, -0.2) is 0 Å². The molecule has 0 saturated carbocycles. The van der Waals surface area contributed by atoms with Gasteiger partial charge < -0.3 is 10.1 Å². The van der Waals surface area contributed by atoms with Crippen molar-refractivity contribution in [3.8, 4) is 5.75 Å². The van der Waals surface area contributed by atoms with E-state index in [0.29, 0.717) is 15.9 Å². The van der Waals surface area contributed by atoms with Gasteiger partial charge in [-0.15, -0.1) is 10.2 Å². The highest BCUT2D eigenvalue weighted by molar-refractivity contribution is 7.80. The summed E-state index contributed by atoms with van der Waals surface area (Å²) in [6, 6.07) is 6.73. The predicted octanol–water partition coefficient (Wildman–Crippen LogP) is 2.65. The monoisotopic (exact) mass is 356 g/mol. The van der Waals surface area contributed by atoms with E-state index >= 15 is 0 Å². The van der Waals surface area contributed by atoms with Crippen molar-refractivity contribution < 1.29 is 9.53 Å². The molecule has 116 valence electrons. The number of amides is 1. The molecule has 0 saturated heterocycles. The van der Waals surface area contributed by atoms with E-state index < -0.39 is 0 Å². The first-order valence-corrected chi connectivity index (χ1v) is 7.98. The maximum absolute atomic E-state index is 11.7. The highest BCUT2D eigenvalue weighted by atomic mass is 35.5. The van der Waals surface area contributed by atoms with Gasteiger partial charge in [0.05, 0.1) is 0 Å². The lowest BCUT2D eigenvalue weighted by Crippen LogP contribution is -2.37. The number of anilines is 1. The molecule has 9 heteroatoms. The van der Waals surface area contributed by atoms with Crippen LogP contribution in [0.15, 0.2) is 24.3 Å². The standard InChI is InChI=1S/C13H13ClN4O2S2/c1-2-11-17-18-13(22-11)16-12(21)15-10(19)7-20-9-5-3-8(14)4-6-9/h3-6H,2,7H2,1H3,(H2,15,16,18,19,21). The number of halogens is 1. The van der Waals surface area contributed by atoms with E-state index in [9.17, 15) is 4.79 Å². The Balaban J connectivity index is 1.76. The number of aryl methyl sites for hydroxylation is 1. The molecule has 0 aliphatic heterocycles. The van der Waals surface area contributed by atoms with Crippen molar-refractivity contribution in [3.63, 3.8) is 0 Å². The van der Waals surface area contributed by atoms with E-state index in [1.165, 1.54) is 11.3 Å². The minimum Gasteiger partial charge on any atom is -0.484 e. The van der Waals surface area contributed by atoms with E-state index in [-0.39, 0.29) is 17.6 Å². The number of carbonyl (C=O) groups is 1. The molecular weight excluding hydrogens is 344 g/mol.